The van der Waals surface area contributed by atoms with Crippen LogP contribution in [0.5, 0.6) is 0 Å². The maximum absolute atomic E-state index is 12.9. The average molecular weight is 965 g/mol. The number of phosphoric ester groups is 1. The summed E-state index contributed by atoms with van der Waals surface area (Å²) in [5, 5.41) is 13.8. The predicted octanol–water partition coefficient (Wildman–Crippen LogP) is 15.6. The number of phosphoric acid groups is 1. The third kappa shape index (κ3) is 50.8. The van der Waals surface area contributed by atoms with Crippen molar-refractivity contribution in [1.82, 2.24) is 5.32 Å². The van der Waals surface area contributed by atoms with Crippen molar-refractivity contribution >= 4 is 13.7 Å². The highest BCUT2D eigenvalue weighted by molar-refractivity contribution is 7.45. The normalized spacial score (nSPS) is 15.0. The van der Waals surface area contributed by atoms with Crippen LogP contribution in [-0.2, 0) is 18.4 Å². The van der Waals surface area contributed by atoms with E-state index >= 15 is 0 Å². The molecular formula is C59H101N2O6P. The van der Waals surface area contributed by atoms with E-state index in [2.05, 4.69) is 129 Å². The third-order valence-corrected chi connectivity index (χ3v) is 12.1. The molecule has 0 aromatic rings. The highest BCUT2D eigenvalue weighted by Gasteiger charge is 2.23. The molecule has 0 aliphatic carbocycles. The summed E-state index contributed by atoms with van der Waals surface area (Å²) >= 11 is 0. The fourth-order valence-corrected chi connectivity index (χ4v) is 7.65. The van der Waals surface area contributed by atoms with Crippen LogP contribution in [0.3, 0.4) is 0 Å². The Morgan fingerprint density at radius 3 is 1.37 bits per heavy atom. The second-order valence-electron chi connectivity index (χ2n) is 18.8. The van der Waals surface area contributed by atoms with Crippen molar-refractivity contribution in [3.63, 3.8) is 0 Å². The van der Waals surface area contributed by atoms with Crippen molar-refractivity contribution in [2.75, 3.05) is 40.9 Å². The minimum Gasteiger partial charge on any atom is -0.756 e. The summed E-state index contributed by atoms with van der Waals surface area (Å²) in [5.41, 5.74) is 0. The van der Waals surface area contributed by atoms with Gasteiger partial charge in [0.2, 0.25) is 5.91 Å². The summed E-state index contributed by atoms with van der Waals surface area (Å²) in [6, 6.07) is -0.918. The van der Waals surface area contributed by atoms with Gasteiger partial charge in [-0.3, -0.25) is 9.36 Å². The SMILES string of the molecule is CC/C=C\C/C=C\C/C=C\C/C=C\C/C=C\C/C=C\C/C=C\CCCCCCCCCCCCCC(=O)NC(COP(=O)([O-])OCC[N+](C)(C)C)C(O)/C=C/CC/C=C/CC/C=C/CCCCC. The first-order chi connectivity index (χ1) is 33.0. The van der Waals surface area contributed by atoms with E-state index in [-0.39, 0.29) is 12.5 Å². The maximum atomic E-state index is 12.9. The zero-order chi connectivity index (χ0) is 49.9. The summed E-state index contributed by atoms with van der Waals surface area (Å²) in [6.07, 6.45) is 72.7. The van der Waals surface area contributed by atoms with E-state index in [1.165, 1.54) is 70.6 Å². The number of nitrogens with one attached hydrogen (secondary N) is 1. The number of allylic oxidation sites excluding steroid dienone is 19. The standard InChI is InChI=1S/C59H101N2O6P/c1-6-8-10-12-14-16-18-20-21-22-23-24-25-26-27-28-29-30-31-32-33-34-35-36-37-38-39-41-43-45-47-49-51-53-59(63)60-57(56-67-68(64,65)66-55-54-61(3,4)5)58(62)52-50-48-46-44-42-40-19-17-15-13-11-9-7-2/h8,10,14-17,20-21,23-24,26-27,29-30,32-33,42,44,50,52,57-58,62H,6-7,9,11-13,18-19,22,25,28,31,34-41,43,45-49,51,53-56H2,1-5H3,(H-,60,63,64,65)/b10-8-,16-14-,17-15+,21-20-,24-23-,27-26-,30-29-,33-32-,44-42+,52-50+. The molecule has 0 radical (unpaired) electrons. The molecule has 2 N–H and O–H groups in total. The molecule has 0 rings (SSSR count). The number of hydrogen-bond donors (Lipinski definition) is 2. The second-order valence-corrected chi connectivity index (χ2v) is 20.2. The lowest BCUT2D eigenvalue weighted by Crippen LogP contribution is -2.45. The quantitative estimate of drug-likeness (QED) is 0.0272. The maximum Gasteiger partial charge on any atom is 0.268 e. The number of aliphatic hydroxyl groups is 1. The second kappa shape index (κ2) is 48.9. The molecule has 0 aliphatic heterocycles. The summed E-state index contributed by atoms with van der Waals surface area (Å²) in [4.78, 5) is 25.4. The van der Waals surface area contributed by atoms with Crippen molar-refractivity contribution in [2.45, 2.75) is 206 Å². The molecular weight excluding hydrogens is 864 g/mol. The first-order valence-electron chi connectivity index (χ1n) is 26.9. The van der Waals surface area contributed by atoms with Gasteiger partial charge in [0.1, 0.15) is 13.2 Å². The molecule has 0 heterocycles. The Morgan fingerprint density at radius 2 is 0.912 bits per heavy atom. The summed E-state index contributed by atoms with van der Waals surface area (Å²) in [7, 11) is 1.21. The number of nitrogens with zero attached hydrogens (tertiary/aromatic N) is 1. The van der Waals surface area contributed by atoms with Gasteiger partial charge in [0.15, 0.2) is 0 Å². The largest absolute Gasteiger partial charge is 0.756 e. The van der Waals surface area contributed by atoms with Gasteiger partial charge in [-0.05, 0) is 103 Å². The number of quaternary nitrogens is 1. The Bertz CT molecular complexity index is 1510. The van der Waals surface area contributed by atoms with Gasteiger partial charge in [0.05, 0.1) is 39.9 Å². The Morgan fingerprint density at radius 1 is 0.529 bits per heavy atom. The summed E-state index contributed by atoms with van der Waals surface area (Å²) < 4.78 is 23.2. The molecule has 8 nitrogen and oxygen atoms in total. The molecule has 0 aromatic carbocycles. The first-order valence-corrected chi connectivity index (χ1v) is 28.4. The number of aliphatic hydroxyl groups excluding tert-OH is 1. The number of rotatable bonds is 47. The van der Waals surface area contributed by atoms with Crippen LogP contribution in [0.25, 0.3) is 0 Å². The van der Waals surface area contributed by atoms with Crippen LogP contribution in [0.2, 0.25) is 0 Å². The van der Waals surface area contributed by atoms with Gasteiger partial charge in [-0.1, -0.05) is 206 Å². The van der Waals surface area contributed by atoms with Crippen molar-refractivity contribution in [1.29, 1.82) is 0 Å². The van der Waals surface area contributed by atoms with Gasteiger partial charge >= 0.3 is 0 Å². The van der Waals surface area contributed by atoms with Crippen LogP contribution in [0.4, 0.5) is 0 Å². The Labute approximate surface area is 418 Å². The summed E-state index contributed by atoms with van der Waals surface area (Å²) in [6.45, 7) is 4.44. The van der Waals surface area contributed by atoms with Gasteiger partial charge in [-0.2, -0.15) is 0 Å². The van der Waals surface area contributed by atoms with E-state index in [1.807, 2.05) is 27.2 Å². The number of hydrogen-bond acceptors (Lipinski definition) is 6. The number of carbonyl (C=O) groups excluding carboxylic acids is 1. The molecule has 0 aromatic heterocycles. The fraction of sp³-hybridized carbons (Fsp3) is 0.644. The van der Waals surface area contributed by atoms with Gasteiger partial charge in [0.25, 0.3) is 7.82 Å². The van der Waals surface area contributed by atoms with Crippen molar-refractivity contribution < 1.29 is 32.9 Å². The monoisotopic (exact) mass is 965 g/mol. The zero-order valence-electron chi connectivity index (χ0n) is 44.0. The van der Waals surface area contributed by atoms with E-state index in [0.717, 1.165) is 103 Å². The molecule has 0 saturated carbocycles. The van der Waals surface area contributed by atoms with Crippen LogP contribution in [0.15, 0.2) is 122 Å². The molecule has 1 amide bonds. The van der Waals surface area contributed by atoms with Crippen LogP contribution in [0, 0.1) is 0 Å². The third-order valence-electron chi connectivity index (χ3n) is 11.1. The van der Waals surface area contributed by atoms with Crippen LogP contribution in [0.1, 0.15) is 194 Å². The van der Waals surface area contributed by atoms with E-state index in [4.69, 9.17) is 9.05 Å². The highest BCUT2D eigenvalue weighted by Crippen LogP contribution is 2.38. The van der Waals surface area contributed by atoms with Gasteiger partial charge in [0, 0.05) is 6.42 Å². The molecule has 9 heteroatoms. The van der Waals surface area contributed by atoms with E-state index in [0.29, 0.717) is 17.4 Å². The molecule has 3 atom stereocenters. The number of likely N-dealkylation sites (N-methyl/N-ethyl adjacent to an activating group) is 1. The Kier molecular flexibility index (Phi) is 46.7. The molecule has 0 spiro atoms. The molecule has 0 fully saturated rings. The van der Waals surface area contributed by atoms with E-state index in [1.54, 1.807) is 6.08 Å². The number of unbranched alkanes of at least 4 members (excludes halogenated alkanes) is 16. The van der Waals surface area contributed by atoms with Crippen molar-refractivity contribution in [3.8, 4) is 0 Å². The lowest BCUT2D eigenvalue weighted by Gasteiger charge is -2.29. The van der Waals surface area contributed by atoms with Crippen molar-refractivity contribution in [2.24, 2.45) is 0 Å². The predicted molar refractivity (Wildman–Crippen MR) is 292 cm³/mol. The molecule has 68 heavy (non-hydrogen) atoms. The first kappa shape index (κ1) is 64.9. The van der Waals surface area contributed by atoms with Crippen LogP contribution in [-0.4, -0.2) is 68.5 Å². The molecule has 0 bridgehead atoms. The molecule has 388 valence electrons. The van der Waals surface area contributed by atoms with Gasteiger partial charge in [-0.15, -0.1) is 0 Å². The minimum absolute atomic E-state index is 0.0156. The molecule has 3 unspecified atom stereocenters. The molecule has 0 aliphatic rings. The number of amides is 1. The fourth-order valence-electron chi connectivity index (χ4n) is 6.93. The Balaban J connectivity index is 4.19. The van der Waals surface area contributed by atoms with Crippen LogP contribution >= 0.6 is 7.82 Å². The van der Waals surface area contributed by atoms with Crippen molar-refractivity contribution in [3.05, 3.63) is 122 Å². The lowest BCUT2D eigenvalue weighted by molar-refractivity contribution is -0.870. The topological polar surface area (TPSA) is 108 Å². The minimum atomic E-state index is -4.61. The van der Waals surface area contributed by atoms with E-state index in [9.17, 15) is 19.4 Å². The Hall–Kier alpha value is -3.10. The van der Waals surface area contributed by atoms with Gasteiger partial charge < -0.3 is 28.8 Å². The molecule has 0 saturated heterocycles. The van der Waals surface area contributed by atoms with Crippen LogP contribution < -0.4 is 10.2 Å². The number of carbonyl (C=O) groups is 1. The average Bonchev–Trinajstić information content (AvgIpc) is 3.30. The van der Waals surface area contributed by atoms with E-state index < -0.39 is 26.6 Å². The highest BCUT2D eigenvalue weighted by atomic mass is 31.2. The van der Waals surface area contributed by atoms with Gasteiger partial charge in [-0.25, -0.2) is 0 Å². The summed E-state index contributed by atoms with van der Waals surface area (Å²) in [5.74, 6) is -0.222. The smallest absolute Gasteiger partial charge is 0.268 e. The lowest BCUT2D eigenvalue weighted by atomic mass is 10.0. The zero-order valence-corrected chi connectivity index (χ0v) is 44.9.